The highest BCUT2D eigenvalue weighted by atomic mass is 35.5. The minimum Gasteiger partial charge on any atom is -0.311 e. The molecule has 0 spiro atoms. The number of benzene rings is 1. The van der Waals surface area contributed by atoms with Gasteiger partial charge in [0.15, 0.2) is 0 Å². The molecule has 1 aromatic carbocycles. The van der Waals surface area contributed by atoms with Crippen LogP contribution in [0.15, 0.2) is 24.3 Å². The van der Waals surface area contributed by atoms with Crippen LogP contribution in [-0.4, -0.2) is 36.6 Å². The van der Waals surface area contributed by atoms with E-state index in [0.29, 0.717) is 17.5 Å². The Bertz CT molecular complexity index is 436. The molecule has 1 N–H and O–H groups in total. The first kappa shape index (κ1) is 16.8. The fraction of sp³-hybridized carbons (Fsp3) is 0.667. The standard InChI is InChI=1S/C18H29ClN2/c1-5-16-12-20-17(18(2,3)4)13-21(16)11-10-14-6-8-15(19)9-7-14/h6-9,16-17,20H,5,10-13H2,1-4H3. The van der Waals surface area contributed by atoms with E-state index in [0.717, 1.165) is 31.1 Å². The van der Waals surface area contributed by atoms with Crippen molar-refractivity contribution < 1.29 is 0 Å². The molecule has 2 nitrogen and oxygen atoms in total. The lowest BCUT2D eigenvalue weighted by atomic mass is 9.84. The number of hydrogen-bond donors (Lipinski definition) is 1. The largest absolute Gasteiger partial charge is 0.311 e. The Balaban J connectivity index is 1.96. The highest BCUT2D eigenvalue weighted by molar-refractivity contribution is 6.30. The number of rotatable bonds is 4. The van der Waals surface area contributed by atoms with Crippen molar-refractivity contribution in [3.8, 4) is 0 Å². The molecule has 1 heterocycles. The molecule has 0 radical (unpaired) electrons. The fourth-order valence-corrected chi connectivity index (χ4v) is 3.16. The second-order valence-electron chi connectivity index (χ2n) is 7.26. The first-order chi connectivity index (χ1) is 9.90. The van der Waals surface area contributed by atoms with Crippen molar-refractivity contribution in [2.24, 2.45) is 5.41 Å². The number of piperazine rings is 1. The third-order valence-electron chi connectivity index (χ3n) is 4.65. The first-order valence-electron chi connectivity index (χ1n) is 8.12. The van der Waals surface area contributed by atoms with Gasteiger partial charge in [-0.25, -0.2) is 0 Å². The van der Waals surface area contributed by atoms with Crippen LogP contribution in [0, 0.1) is 5.41 Å². The molecule has 1 aromatic rings. The molecule has 1 saturated heterocycles. The van der Waals surface area contributed by atoms with Crippen LogP contribution in [-0.2, 0) is 6.42 Å². The van der Waals surface area contributed by atoms with E-state index in [9.17, 15) is 0 Å². The quantitative estimate of drug-likeness (QED) is 0.905. The zero-order chi connectivity index (χ0) is 15.5. The summed E-state index contributed by atoms with van der Waals surface area (Å²) in [6.45, 7) is 12.7. The van der Waals surface area contributed by atoms with Gasteiger partial charge in [0.2, 0.25) is 0 Å². The van der Waals surface area contributed by atoms with E-state index in [1.807, 2.05) is 12.1 Å². The molecule has 21 heavy (non-hydrogen) atoms. The van der Waals surface area contributed by atoms with Gasteiger partial charge in [-0.3, -0.25) is 4.90 Å². The van der Waals surface area contributed by atoms with Gasteiger partial charge in [0.1, 0.15) is 0 Å². The van der Waals surface area contributed by atoms with Crippen LogP contribution in [0.2, 0.25) is 5.02 Å². The second-order valence-corrected chi connectivity index (χ2v) is 7.70. The van der Waals surface area contributed by atoms with E-state index in [1.165, 1.54) is 12.0 Å². The average molecular weight is 309 g/mol. The Labute approximate surface area is 134 Å². The van der Waals surface area contributed by atoms with E-state index in [2.05, 4.69) is 50.0 Å². The SMILES string of the molecule is CCC1CNC(C(C)(C)C)CN1CCc1ccc(Cl)cc1. The summed E-state index contributed by atoms with van der Waals surface area (Å²) in [5.41, 5.74) is 1.69. The maximum absolute atomic E-state index is 5.96. The van der Waals surface area contributed by atoms with Gasteiger partial charge in [0, 0.05) is 36.7 Å². The van der Waals surface area contributed by atoms with Gasteiger partial charge < -0.3 is 5.32 Å². The third-order valence-corrected chi connectivity index (χ3v) is 4.90. The number of nitrogens with zero attached hydrogens (tertiary/aromatic N) is 1. The summed E-state index contributed by atoms with van der Waals surface area (Å²) in [5.74, 6) is 0. The van der Waals surface area contributed by atoms with Gasteiger partial charge in [0.25, 0.3) is 0 Å². The molecule has 2 atom stereocenters. The lowest BCUT2D eigenvalue weighted by molar-refractivity contribution is 0.0846. The molecular formula is C18H29ClN2. The number of nitrogens with one attached hydrogen (secondary N) is 1. The zero-order valence-corrected chi connectivity index (χ0v) is 14.6. The van der Waals surface area contributed by atoms with Gasteiger partial charge in [-0.05, 0) is 36.0 Å². The van der Waals surface area contributed by atoms with E-state index in [1.54, 1.807) is 0 Å². The van der Waals surface area contributed by atoms with Crippen molar-refractivity contribution in [3.63, 3.8) is 0 Å². The lowest BCUT2D eigenvalue weighted by Gasteiger charge is -2.45. The molecule has 0 aliphatic carbocycles. The van der Waals surface area contributed by atoms with E-state index in [-0.39, 0.29) is 0 Å². The maximum atomic E-state index is 5.96. The predicted octanol–water partition coefficient (Wildman–Crippen LogP) is 3.98. The molecular weight excluding hydrogens is 280 g/mol. The monoisotopic (exact) mass is 308 g/mol. The molecule has 2 unspecified atom stereocenters. The third kappa shape index (κ3) is 4.70. The summed E-state index contributed by atoms with van der Waals surface area (Å²) >= 11 is 5.96. The summed E-state index contributed by atoms with van der Waals surface area (Å²) in [5, 5.41) is 4.56. The summed E-state index contributed by atoms with van der Waals surface area (Å²) in [6, 6.07) is 9.51. The highest BCUT2D eigenvalue weighted by Crippen LogP contribution is 2.24. The Kier molecular flexibility index (Phi) is 5.70. The Morgan fingerprint density at radius 3 is 2.48 bits per heavy atom. The normalized spacial score (nSPS) is 24.2. The summed E-state index contributed by atoms with van der Waals surface area (Å²) in [6.07, 6.45) is 2.31. The van der Waals surface area contributed by atoms with Gasteiger partial charge in [0.05, 0.1) is 0 Å². The van der Waals surface area contributed by atoms with Crippen LogP contribution in [0.5, 0.6) is 0 Å². The molecule has 0 aromatic heterocycles. The van der Waals surface area contributed by atoms with Crippen LogP contribution in [0.3, 0.4) is 0 Å². The van der Waals surface area contributed by atoms with E-state index < -0.39 is 0 Å². The van der Waals surface area contributed by atoms with Crippen LogP contribution in [0.25, 0.3) is 0 Å². The molecule has 2 rings (SSSR count). The fourth-order valence-electron chi connectivity index (χ4n) is 3.04. The Morgan fingerprint density at radius 1 is 1.24 bits per heavy atom. The van der Waals surface area contributed by atoms with Crippen molar-refractivity contribution in [3.05, 3.63) is 34.9 Å². The first-order valence-corrected chi connectivity index (χ1v) is 8.50. The van der Waals surface area contributed by atoms with Crippen LogP contribution < -0.4 is 5.32 Å². The number of hydrogen-bond acceptors (Lipinski definition) is 2. The molecule has 3 heteroatoms. The average Bonchev–Trinajstić information content (AvgIpc) is 2.45. The molecule has 0 amide bonds. The lowest BCUT2D eigenvalue weighted by Crippen LogP contribution is -2.60. The van der Waals surface area contributed by atoms with Gasteiger partial charge in [-0.1, -0.05) is 51.4 Å². The van der Waals surface area contributed by atoms with Crippen LogP contribution in [0.1, 0.15) is 39.7 Å². The summed E-state index contributed by atoms with van der Waals surface area (Å²) in [4.78, 5) is 2.67. The maximum Gasteiger partial charge on any atom is 0.0406 e. The van der Waals surface area contributed by atoms with E-state index >= 15 is 0 Å². The minimum absolute atomic E-state index is 0.317. The molecule has 0 saturated carbocycles. The van der Waals surface area contributed by atoms with Crippen molar-refractivity contribution in [2.45, 2.75) is 52.6 Å². The van der Waals surface area contributed by atoms with Gasteiger partial charge >= 0.3 is 0 Å². The van der Waals surface area contributed by atoms with E-state index in [4.69, 9.17) is 11.6 Å². The topological polar surface area (TPSA) is 15.3 Å². The summed E-state index contributed by atoms with van der Waals surface area (Å²) < 4.78 is 0. The second kappa shape index (κ2) is 7.13. The summed E-state index contributed by atoms with van der Waals surface area (Å²) in [7, 11) is 0. The Morgan fingerprint density at radius 2 is 1.90 bits per heavy atom. The van der Waals surface area contributed by atoms with Crippen molar-refractivity contribution in [1.29, 1.82) is 0 Å². The zero-order valence-electron chi connectivity index (χ0n) is 13.8. The Hall–Kier alpha value is -0.570. The highest BCUT2D eigenvalue weighted by Gasteiger charge is 2.32. The minimum atomic E-state index is 0.317. The van der Waals surface area contributed by atoms with Crippen LogP contribution >= 0.6 is 11.6 Å². The molecule has 1 aliphatic rings. The van der Waals surface area contributed by atoms with Crippen molar-refractivity contribution in [2.75, 3.05) is 19.6 Å². The molecule has 0 bridgehead atoms. The van der Waals surface area contributed by atoms with Crippen LogP contribution in [0.4, 0.5) is 0 Å². The molecule has 1 aliphatic heterocycles. The van der Waals surface area contributed by atoms with Gasteiger partial charge in [-0.15, -0.1) is 0 Å². The molecule has 118 valence electrons. The smallest absolute Gasteiger partial charge is 0.0406 e. The van der Waals surface area contributed by atoms with Crippen molar-refractivity contribution in [1.82, 2.24) is 10.2 Å². The van der Waals surface area contributed by atoms with Crippen molar-refractivity contribution >= 4 is 11.6 Å². The molecule has 1 fully saturated rings. The predicted molar refractivity (Wildman–Crippen MR) is 92.1 cm³/mol. The number of halogens is 1. The van der Waals surface area contributed by atoms with Gasteiger partial charge in [-0.2, -0.15) is 0 Å².